The monoisotopic (exact) mass is 304 g/mol. The second-order valence-electron chi connectivity index (χ2n) is 4.37. The van der Waals surface area contributed by atoms with Gasteiger partial charge in [0.05, 0.1) is 21.5 Å². The zero-order valence-electron chi connectivity index (χ0n) is 9.66. The summed E-state index contributed by atoms with van der Waals surface area (Å²) in [6, 6.07) is 0. The number of aromatic nitrogens is 2. The molecule has 3 nitrogen and oxygen atoms in total. The van der Waals surface area contributed by atoms with E-state index < -0.39 is 5.60 Å². The van der Waals surface area contributed by atoms with Gasteiger partial charge in [-0.1, -0.05) is 0 Å². The molecule has 16 heavy (non-hydrogen) atoms. The van der Waals surface area contributed by atoms with Gasteiger partial charge in [0.15, 0.2) is 0 Å². The van der Waals surface area contributed by atoms with Crippen molar-refractivity contribution in [2.45, 2.75) is 38.8 Å². The first-order valence-corrected chi connectivity index (χ1v) is 7.52. The molecule has 0 saturated carbocycles. The van der Waals surface area contributed by atoms with Gasteiger partial charge in [0.1, 0.15) is 0 Å². The Hall–Kier alpha value is -0.0000000000000000555. The van der Waals surface area contributed by atoms with Crippen molar-refractivity contribution < 1.29 is 5.11 Å². The second kappa shape index (κ2) is 4.70. The summed E-state index contributed by atoms with van der Waals surface area (Å²) in [6.07, 6.45) is 1.59. The predicted octanol–water partition coefficient (Wildman–Crippen LogP) is 2.38. The normalized spacial score (nSPS) is 25.2. The van der Waals surface area contributed by atoms with Crippen LogP contribution in [0, 0.1) is 6.92 Å². The molecule has 1 unspecified atom stereocenters. The fourth-order valence-corrected chi connectivity index (χ4v) is 3.80. The lowest BCUT2D eigenvalue weighted by Crippen LogP contribution is -2.32. The molecule has 0 aromatic carbocycles. The van der Waals surface area contributed by atoms with Gasteiger partial charge in [-0.05, 0) is 42.0 Å². The van der Waals surface area contributed by atoms with Crippen molar-refractivity contribution >= 4 is 27.7 Å². The van der Waals surface area contributed by atoms with E-state index in [1.54, 1.807) is 0 Å². The first-order chi connectivity index (χ1) is 7.56. The van der Waals surface area contributed by atoms with Gasteiger partial charge in [-0.3, -0.25) is 4.68 Å². The molecule has 0 radical (unpaired) electrons. The van der Waals surface area contributed by atoms with Crippen LogP contribution in [0.15, 0.2) is 4.47 Å². The summed E-state index contributed by atoms with van der Waals surface area (Å²) in [5, 5.41) is 14.9. The van der Waals surface area contributed by atoms with Gasteiger partial charge in [-0.15, -0.1) is 0 Å². The topological polar surface area (TPSA) is 38.0 Å². The number of aryl methyl sites for hydroxylation is 2. The molecule has 1 N–H and O–H groups in total. The lowest BCUT2D eigenvalue weighted by Gasteiger charge is -2.21. The van der Waals surface area contributed by atoms with Crippen LogP contribution in [-0.2, 0) is 13.0 Å². The minimum Gasteiger partial charge on any atom is -0.389 e. The standard InChI is InChI=1S/C11H17BrN2OS/c1-3-14-9(10(12)8(2)13-14)6-11(15)4-5-16-7-11/h15H,3-7H2,1-2H3. The van der Waals surface area contributed by atoms with Crippen LogP contribution in [0.3, 0.4) is 0 Å². The average molecular weight is 305 g/mol. The molecule has 1 aliphatic rings. The molecule has 2 rings (SSSR count). The predicted molar refractivity (Wildman–Crippen MR) is 70.9 cm³/mol. The van der Waals surface area contributed by atoms with E-state index in [0.717, 1.165) is 40.3 Å². The Morgan fingerprint density at radius 2 is 2.38 bits per heavy atom. The molecule has 0 bridgehead atoms. The smallest absolute Gasteiger partial charge is 0.0801 e. The zero-order valence-corrected chi connectivity index (χ0v) is 12.1. The van der Waals surface area contributed by atoms with Crippen LogP contribution < -0.4 is 0 Å². The molecule has 1 fully saturated rings. The number of aliphatic hydroxyl groups is 1. The summed E-state index contributed by atoms with van der Waals surface area (Å²) >= 11 is 5.40. The summed E-state index contributed by atoms with van der Waals surface area (Å²) in [5.41, 5.74) is 1.60. The van der Waals surface area contributed by atoms with Crippen molar-refractivity contribution in [3.8, 4) is 0 Å². The Balaban J connectivity index is 2.26. The summed E-state index contributed by atoms with van der Waals surface area (Å²) in [6.45, 7) is 4.92. The number of hydrogen-bond donors (Lipinski definition) is 1. The molecule has 1 aromatic heterocycles. The van der Waals surface area contributed by atoms with Crippen LogP contribution in [-0.4, -0.2) is 32.0 Å². The lowest BCUT2D eigenvalue weighted by atomic mass is 9.97. The fourth-order valence-electron chi connectivity index (χ4n) is 2.09. The van der Waals surface area contributed by atoms with Gasteiger partial charge in [-0.2, -0.15) is 16.9 Å². The van der Waals surface area contributed by atoms with E-state index in [0.29, 0.717) is 6.42 Å². The first kappa shape index (κ1) is 12.5. The van der Waals surface area contributed by atoms with Crippen molar-refractivity contribution in [2.75, 3.05) is 11.5 Å². The molecule has 1 atom stereocenters. The Kier molecular flexibility index (Phi) is 3.66. The highest BCUT2D eigenvalue weighted by molar-refractivity contribution is 9.10. The molecule has 0 spiro atoms. The van der Waals surface area contributed by atoms with E-state index in [1.165, 1.54) is 0 Å². The molecule has 2 heterocycles. The summed E-state index contributed by atoms with van der Waals surface area (Å²) < 4.78 is 3.04. The van der Waals surface area contributed by atoms with Crippen molar-refractivity contribution in [1.82, 2.24) is 9.78 Å². The van der Waals surface area contributed by atoms with Crippen molar-refractivity contribution in [1.29, 1.82) is 0 Å². The molecule has 0 amide bonds. The third-order valence-electron chi connectivity index (χ3n) is 3.03. The second-order valence-corrected chi connectivity index (χ2v) is 6.26. The highest BCUT2D eigenvalue weighted by Gasteiger charge is 2.34. The van der Waals surface area contributed by atoms with Crippen LogP contribution in [0.4, 0.5) is 0 Å². The Bertz CT molecular complexity index is 386. The number of thioether (sulfide) groups is 1. The van der Waals surface area contributed by atoms with Gasteiger partial charge >= 0.3 is 0 Å². The molecule has 1 aromatic rings. The Labute approximate surface area is 109 Å². The van der Waals surface area contributed by atoms with Crippen molar-refractivity contribution in [2.24, 2.45) is 0 Å². The lowest BCUT2D eigenvalue weighted by molar-refractivity contribution is 0.0662. The van der Waals surface area contributed by atoms with Crippen LogP contribution in [0.5, 0.6) is 0 Å². The van der Waals surface area contributed by atoms with E-state index in [2.05, 4.69) is 28.0 Å². The van der Waals surface area contributed by atoms with Gasteiger partial charge in [0.2, 0.25) is 0 Å². The van der Waals surface area contributed by atoms with E-state index in [4.69, 9.17) is 0 Å². The Morgan fingerprint density at radius 1 is 1.62 bits per heavy atom. The maximum atomic E-state index is 10.4. The average Bonchev–Trinajstić information content (AvgIpc) is 2.78. The highest BCUT2D eigenvalue weighted by atomic mass is 79.9. The third-order valence-corrected chi connectivity index (χ3v) is 5.30. The number of nitrogens with zero attached hydrogens (tertiary/aromatic N) is 2. The van der Waals surface area contributed by atoms with Gasteiger partial charge < -0.3 is 5.11 Å². The van der Waals surface area contributed by atoms with Crippen LogP contribution in [0.2, 0.25) is 0 Å². The quantitative estimate of drug-likeness (QED) is 0.932. The van der Waals surface area contributed by atoms with Crippen molar-refractivity contribution in [3.63, 3.8) is 0 Å². The van der Waals surface area contributed by atoms with Gasteiger partial charge in [0.25, 0.3) is 0 Å². The Morgan fingerprint density at radius 3 is 2.94 bits per heavy atom. The maximum absolute atomic E-state index is 10.4. The van der Waals surface area contributed by atoms with E-state index in [1.807, 2.05) is 23.4 Å². The number of hydrogen-bond acceptors (Lipinski definition) is 3. The summed E-state index contributed by atoms with van der Waals surface area (Å²) in [7, 11) is 0. The SMILES string of the molecule is CCn1nc(C)c(Br)c1CC1(O)CCSC1. The highest BCUT2D eigenvalue weighted by Crippen LogP contribution is 2.33. The van der Waals surface area contributed by atoms with E-state index in [-0.39, 0.29) is 0 Å². The van der Waals surface area contributed by atoms with Crippen LogP contribution in [0.1, 0.15) is 24.7 Å². The summed E-state index contributed by atoms with van der Waals surface area (Å²) in [4.78, 5) is 0. The number of halogens is 1. The molecular formula is C11H17BrN2OS. The molecular weight excluding hydrogens is 288 g/mol. The zero-order chi connectivity index (χ0) is 11.8. The third kappa shape index (κ3) is 2.31. The first-order valence-electron chi connectivity index (χ1n) is 5.57. The van der Waals surface area contributed by atoms with Crippen LogP contribution >= 0.6 is 27.7 Å². The molecule has 1 saturated heterocycles. The molecule has 0 aliphatic carbocycles. The van der Waals surface area contributed by atoms with E-state index >= 15 is 0 Å². The largest absolute Gasteiger partial charge is 0.389 e. The molecule has 1 aliphatic heterocycles. The fraction of sp³-hybridized carbons (Fsp3) is 0.727. The minimum absolute atomic E-state index is 0.535. The molecule has 5 heteroatoms. The maximum Gasteiger partial charge on any atom is 0.0801 e. The molecule has 90 valence electrons. The minimum atomic E-state index is -0.535. The number of rotatable bonds is 3. The van der Waals surface area contributed by atoms with Gasteiger partial charge in [-0.25, -0.2) is 0 Å². The van der Waals surface area contributed by atoms with Crippen molar-refractivity contribution in [3.05, 3.63) is 15.9 Å². The van der Waals surface area contributed by atoms with E-state index in [9.17, 15) is 5.11 Å². The summed E-state index contributed by atoms with van der Waals surface area (Å²) in [5.74, 6) is 1.90. The van der Waals surface area contributed by atoms with Crippen LogP contribution in [0.25, 0.3) is 0 Å². The van der Waals surface area contributed by atoms with Gasteiger partial charge in [0, 0.05) is 18.7 Å².